The van der Waals surface area contributed by atoms with Gasteiger partial charge in [0.2, 0.25) is 11.5 Å². The summed E-state index contributed by atoms with van der Waals surface area (Å²) < 4.78 is 26.0. The highest BCUT2D eigenvalue weighted by Gasteiger charge is 2.16. The second-order valence-electron chi connectivity index (χ2n) is 5.39. The Morgan fingerprint density at radius 1 is 0.778 bits per heavy atom. The third kappa shape index (κ3) is 4.25. The molecule has 0 unspecified atom stereocenters. The first-order valence-corrected chi connectivity index (χ1v) is 7.96. The Balaban J connectivity index is 2.37. The van der Waals surface area contributed by atoms with Crippen molar-refractivity contribution in [3.8, 4) is 34.5 Å². The van der Waals surface area contributed by atoms with Crippen molar-refractivity contribution in [1.82, 2.24) is 0 Å². The minimum absolute atomic E-state index is 0.104. The molecule has 0 spiro atoms. The molecule has 2 rings (SSSR count). The van der Waals surface area contributed by atoms with Gasteiger partial charge in [0, 0.05) is 5.56 Å². The van der Waals surface area contributed by atoms with Gasteiger partial charge in [0.15, 0.2) is 28.8 Å². The zero-order chi connectivity index (χ0) is 20.0. The zero-order valence-electron chi connectivity index (χ0n) is 15.9. The monoisotopic (exact) mass is 374 g/mol. The molecule has 2 aromatic carbocycles. The maximum Gasteiger partial charge on any atom is 0.203 e. The number of carbonyl (C=O) groups is 1. The molecule has 27 heavy (non-hydrogen) atoms. The average molecular weight is 374 g/mol. The fraction of sp³-hybridized carbons (Fsp3) is 0.250. The Bertz CT molecular complexity index is 805. The number of carbonyl (C=O) groups excluding carboxylic acids is 1. The van der Waals surface area contributed by atoms with Crippen molar-refractivity contribution >= 4 is 11.9 Å². The molecule has 0 atom stereocenters. The van der Waals surface area contributed by atoms with Gasteiger partial charge in [-0.3, -0.25) is 4.79 Å². The minimum atomic E-state index is -0.264. The molecule has 0 heterocycles. The lowest BCUT2D eigenvalue weighted by Gasteiger charge is -2.13. The number of hydrogen-bond donors (Lipinski definition) is 1. The first-order valence-electron chi connectivity index (χ1n) is 7.96. The van der Waals surface area contributed by atoms with Crippen molar-refractivity contribution < 1.29 is 33.6 Å². The summed E-state index contributed by atoms with van der Waals surface area (Å²) >= 11 is 0. The van der Waals surface area contributed by atoms with Gasteiger partial charge in [0.05, 0.1) is 35.5 Å². The van der Waals surface area contributed by atoms with Crippen LogP contribution in [0.25, 0.3) is 6.08 Å². The predicted octanol–water partition coefficient (Wildman–Crippen LogP) is 3.33. The number of phenols is 1. The predicted molar refractivity (Wildman–Crippen MR) is 101 cm³/mol. The van der Waals surface area contributed by atoms with Crippen LogP contribution in [0.15, 0.2) is 30.3 Å². The van der Waals surface area contributed by atoms with Gasteiger partial charge in [-0.25, -0.2) is 0 Å². The smallest absolute Gasteiger partial charge is 0.203 e. The molecule has 1 N–H and O–H groups in total. The summed E-state index contributed by atoms with van der Waals surface area (Å²) in [6.07, 6.45) is 2.99. The normalized spacial score (nSPS) is 10.6. The highest BCUT2D eigenvalue weighted by atomic mass is 16.5. The molecule has 2 aromatic rings. The number of ketones is 1. The summed E-state index contributed by atoms with van der Waals surface area (Å²) in [6, 6.07) is 6.34. The van der Waals surface area contributed by atoms with E-state index in [-0.39, 0.29) is 23.0 Å². The molecule has 0 fully saturated rings. The third-order valence-electron chi connectivity index (χ3n) is 3.88. The van der Waals surface area contributed by atoms with Gasteiger partial charge in [-0.15, -0.1) is 0 Å². The van der Waals surface area contributed by atoms with E-state index in [1.165, 1.54) is 41.6 Å². The maximum atomic E-state index is 12.6. The molecule has 0 aliphatic rings. The molecule has 0 amide bonds. The van der Waals surface area contributed by atoms with Gasteiger partial charge < -0.3 is 28.8 Å². The highest BCUT2D eigenvalue weighted by molar-refractivity contribution is 6.07. The van der Waals surface area contributed by atoms with Gasteiger partial charge >= 0.3 is 0 Å². The Morgan fingerprint density at radius 3 is 1.67 bits per heavy atom. The van der Waals surface area contributed by atoms with Crippen LogP contribution >= 0.6 is 0 Å². The van der Waals surface area contributed by atoms with Gasteiger partial charge in [-0.05, 0) is 35.9 Å². The maximum absolute atomic E-state index is 12.6. The molecule has 7 nitrogen and oxygen atoms in total. The van der Waals surface area contributed by atoms with E-state index in [0.717, 1.165) is 0 Å². The molecule has 0 aliphatic carbocycles. The number of benzene rings is 2. The van der Waals surface area contributed by atoms with E-state index < -0.39 is 0 Å². The number of phenolic OH excluding ortho intramolecular Hbond substituents is 1. The van der Waals surface area contributed by atoms with E-state index in [0.29, 0.717) is 28.4 Å². The lowest BCUT2D eigenvalue weighted by atomic mass is 10.1. The van der Waals surface area contributed by atoms with Crippen LogP contribution in [0.5, 0.6) is 34.5 Å². The van der Waals surface area contributed by atoms with E-state index in [1.54, 1.807) is 30.3 Å². The first kappa shape index (κ1) is 20.0. The second-order valence-corrected chi connectivity index (χ2v) is 5.39. The lowest BCUT2D eigenvalue weighted by Crippen LogP contribution is -2.00. The minimum Gasteiger partial charge on any atom is -0.502 e. The molecule has 0 aliphatic heterocycles. The van der Waals surface area contributed by atoms with Crippen molar-refractivity contribution in [3.05, 3.63) is 41.5 Å². The molecule has 7 heteroatoms. The Hall–Kier alpha value is -3.35. The Kier molecular flexibility index (Phi) is 6.54. The Labute approximate surface area is 157 Å². The number of methoxy groups -OCH3 is 5. The topological polar surface area (TPSA) is 83.5 Å². The number of aromatic hydroxyl groups is 1. The van der Waals surface area contributed by atoms with Gasteiger partial charge in [0.1, 0.15) is 0 Å². The first-order chi connectivity index (χ1) is 13.0. The second kappa shape index (κ2) is 8.84. The number of rotatable bonds is 8. The summed E-state index contributed by atoms with van der Waals surface area (Å²) in [5.41, 5.74) is 1.00. The van der Waals surface area contributed by atoms with Gasteiger partial charge in [-0.2, -0.15) is 0 Å². The summed E-state index contributed by atoms with van der Waals surface area (Å²) in [4.78, 5) is 12.6. The average Bonchev–Trinajstić information content (AvgIpc) is 2.71. The van der Waals surface area contributed by atoms with Crippen molar-refractivity contribution in [1.29, 1.82) is 0 Å². The van der Waals surface area contributed by atoms with E-state index in [2.05, 4.69) is 0 Å². The fourth-order valence-electron chi connectivity index (χ4n) is 2.50. The van der Waals surface area contributed by atoms with Crippen molar-refractivity contribution in [2.45, 2.75) is 0 Å². The number of hydrogen-bond acceptors (Lipinski definition) is 7. The highest BCUT2D eigenvalue weighted by Crippen LogP contribution is 2.39. The third-order valence-corrected chi connectivity index (χ3v) is 3.88. The van der Waals surface area contributed by atoms with Crippen LogP contribution in [0.2, 0.25) is 0 Å². The quantitative estimate of drug-likeness (QED) is 0.560. The molecule has 0 bridgehead atoms. The molecular formula is C20H22O7. The van der Waals surface area contributed by atoms with Crippen LogP contribution in [0.3, 0.4) is 0 Å². The van der Waals surface area contributed by atoms with E-state index in [9.17, 15) is 9.90 Å². The van der Waals surface area contributed by atoms with Crippen molar-refractivity contribution in [2.75, 3.05) is 35.5 Å². The van der Waals surface area contributed by atoms with Crippen LogP contribution in [0, 0.1) is 0 Å². The van der Waals surface area contributed by atoms with Crippen molar-refractivity contribution in [2.24, 2.45) is 0 Å². The van der Waals surface area contributed by atoms with Crippen LogP contribution in [-0.4, -0.2) is 46.4 Å². The molecule has 0 saturated carbocycles. The standard InChI is InChI=1S/C20H22O7/c1-23-15-8-12(9-16(24-2)19(15)22)6-7-14(21)13-10-17(25-3)20(27-5)18(11-13)26-4/h6-11,22H,1-5H3/b7-6+. The van der Waals surface area contributed by atoms with Gasteiger partial charge in [-0.1, -0.05) is 6.08 Å². The van der Waals surface area contributed by atoms with E-state index in [4.69, 9.17) is 23.7 Å². The summed E-state index contributed by atoms with van der Waals surface area (Å²) in [5, 5.41) is 9.95. The molecule has 0 saturated heterocycles. The van der Waals surface area contributed by atoms with E-state index >= 15 is 0 Å². The largest absolute Gasteiger partial charge is 0.502 e. The van der Waals surface area contributed by atoms with Crippen LogP contribution in [-0.2, 0) is 0 Å². The van der Waals surface area contributed by atoms with Crippen LogP contribution in [0.4, 0.5) is 0 Å². The number of allylic oxidation sites excluding steroid dienone is 1. The fourth-order valence-corrected chi connectivity index (χ4v) is 2.50. The molecule has 0 radical (unpaired) electrons. The molecule has 0 aromatic heterocycles. The van der Waals surface area contributed by atoms with Crippen LogP contribution < -0.4 is 23.7 Å². The van der Waals surface area contributed by atoms with Crippen molar-refractivity contribution in [3.63, 3.8) is 0 Å². The SMILES string of the molecule is COc1cc(/C=C/C(=O)c2cc(OC)c(OC)c(OC)c2)cc(OC)c1O. The summed E-state index contributed by atoms with van der Waals surface area (Å²) in [6.45, 7) is 0. The molecular weight excluding hydrogens is 352 g/mol. The zero-order valence-corrected chi connectivity index (χ0v) is 15.9. The Morgan fingerprint density at radius 2 is 1.26 bits per heavy atom. The van der Waals surface area contributed by atoms with Gasteiger partial charge in [0.25, 0.3) is 0 Å². The summed E-state index contributed by atoms with van der Waals surface area (Å²) in [5.74, 6) is 1.31. The van der Waals surface area contributed by atoms with Crippen LogP contribution in [0.1, 0.15) is 15.9 Å². The lowest BCUT2D eigenvalue weighted by molar-refractivity contribution is 0.104. The number of ether oxygens (including phenoxy) is 5. The summed E-state index contributed by atoms with van der Waals surface area (Å²) in [7, 11) is 7.33. The molecule has 144 valence electrons. The van der Waals surface area contributed by atoms with E-state index in [1.807, 2.05) is 0 Å².